The van der Waals surface area contributed by atoms with Crippen LogP contribution in [0.4, 0.5) is 17.2 Å². The minimum Gasteiger partial charge on any atom is -0.340 e. The van der Waals surface area contributed by atoms with E-state index in [1.54, 1.807) is 24.3 Å². The molecular weight excluding hydrogens is 246 g/mol. The summed E-state index contributed by atoms with van der Waals surface area (Å²) in [6.45, 7) is 1.50. The van der Waals surface area contributed by atoms with Gasteiger partial charge in [-0.2, -0.15) is 0 Å². The Bertz CT molecular complexity index is 551. The lowest BCUT2D eigenvalue weighted by atomic mass is 10.1. The van der Waals surface area contributed by atoms with E-state index >= 15 is 0 Å². The summed E-state index contributed by atoms with van der Waals surface area (Å²) in [4.78, 5) is 25.0. The summed E-state index contributed by atoms with van der Waals surface area (Å²) < 4.78 is 0. The van der Waals surface area contributed by atoms with Crippen LogP contribution in [-0.4, -0.2) is 15.7 Å². The molecule has 1 N–H and O–H groups in total. The smallest absolute Gasteiger partial charge is 0.287 e. The number of nitrogens with one attached hydrogen (secondary N) is 1. The van der Waals surface area contributed by atoms with Gasteiger partial charge in [-0.15, -0.1) is 0 Å². The van der Waals surface area contributed by atoms with E-state index in [-0.39, 0.29) is 11.5 Å². The molecule has 0 aliphatic heterocycles. The van der Waals surface area contributed by atoms with Crippen LogP contribution in [0.25, 0.3) is 0 Å². The lowest BCUT2D eigenvalue weighted by molar-refractivity contribution is -0.385. The molecule has 96 valence electrons. The van der Waals surface area contributed by atoms with Crippen molar-refractivity contribution in [2.24, 2.45) is 0 Å². The van der Waals surface area contributed by atoms with Gasteiger partial charge in [0.05, 0.1) is 4.92 Å². The molecule has 0 saturated heterocycles. The molecule has 6 nitrogen and oxygen atoms in total. The van der Waals surface area contributed by atoms with Gasteiger partial charge in [-0.25, -0.2) is 4.98 Å². The standard InChI is InChI=1S/C13H11N3O3/c1-9(17)10-2-4-11(5-3-10)15-13-7-6-12(8-14-13)16(18)19/h2-8H,1H3,(H,14,15). The van der Waals surface area contributed by atoms with Crippen molar-refractivity contribution in [1.82, 2.24) is 4.98 Å². The van der Waals surface area contributed by atoms with E-state index in [9.17, 15) is 14.9 Å². The van der Waals surface area contributed by atoms with Crippen molar-refractivity contribution in [3.8, 4) is 0 Å². The van der Waals surface area contributed by atoms with Crippen LogP contribution in [0.2, 0.25) is 0 Å². The summed E-state index contributed by atoms with van der Waals surface area (Å²) in [5.74, 6) is 0.501. The maximum absolute atomic E-state index is 11.1. The summed E-state index contributed by atoms with van der Waals surface area (Å²) in [6.07, 6.45) is 1.19. The lowest BCUT2D eigenvalue weighted by Gasteiger charge is -2.05. The van der Waals surface area contributed by atoms with Gasteiger partial charge in [-0.05, 0) is 37.3 Å². The molecule has 0 fully saturated rings. The Hall–Kier alpha value is -2.76. The molecular formula is C13H11N3O3. The second kappa shape index (κ2) is 5.26. The molecule has 1 aromatic carbocycles. The van der Waals surface area contributed by atoms with E-state index in [1.165, 1.54) is 25.3 Å². The second-order valence-corrected chi connectivity index (χ2v) is 3.92. The third-order valence-electron chi connectivity index (χ3n) is 2.52. The minimum atomic E-state index is -0.502. The lowest BCUT2D eigenvalue weighted by Crippen LogP contribution is -1.96. The van der Waals surface area contributed by atoms with E-state index in [2.05, 4.69) is 10.3 Å². The van der Waals surface area contributed by atoms with Crippen LogP contribution in [0, 0.1) is 10.1 Å². The van der Waals surface area contributed by atoms with Gasteiger partial charge in [-0.3, -0.25) is 14.9 Å². The van der Waals surface area contributed by atoms with E-state index in [4.69, 9.17) is 0 Å². The van der Waals surface area contributed by atoms with Crippen molar-refractivity contribution in [2.75, 3.05) is 5.32 Å². The zero-order chi connectivity index (χ0) is 13.8. The number of nitrogens with zero attached hydrogens (tertiary/aromatic N) is 2. The van der Waals surface area contributed by atoms with Crippen LogP contribution in [0.5, 0.6) is 0 Å². The van der Waals surface area contributed by atoms with E-state index in [1.807, 2.05) is 0 Å². The van der Waals surface area contributed by atoms with Gasteiger partial charge in [-0.1, -0.05) is 0 Å². The maximum Gasteiger partial charge on any atom is 0.287 e. The van der Waals surface area contributed by atoms with Crippen LogP contribution >= 0.6 is 0 Å². The molecule has 6 heteroatoms. The molecule has 0 radical (unpaired) electrons. The fourth-order valence-corrected chi connectivity index (χ4v) is 1.50. The van der Waals surface area contributed by atoms with Gasteiger partial charge in [0, 0.05) is 17.3 Å². The first kappa shape index (κ1) is 12.7. The van der Waals surface area contributed by atoms with E-state index < -0.39 is 4.92 Å². The third-order valence-corrected chi connectivity index (χ3v) is 2.52. The molecule has 0 aliphatic rings. The van der Waals surface area contributed by atoms with Gasteiger partial charge >= 0.3 is 0 Å². The molecule has 0 atom stereocenters. The number of carbonyl (C=O) groups excluding carboxylic acids is 1. The molecule has 0 aliphatic carbocycles. The number of pyridine rings is 1. The third kappa shape index (κ3) is 3.12. The van der Waals surface area contributed by atoms with Gasteiger partial charge < -0.3 is 5.32 Å². The Morgan fingerprint density at radius 2 is 1.89 bits per heavy atom. The first-order chi connectivity index (χ1) is 9.06. The maximum atomic E-state index is 11.1. The van der Waals surface area contributed by atoms with Gasteiger partial charge in [0.2, 0.25) is 0 Å². The zero-order valence-electron chi connectivity index (χ0n) is 10.2. The number of hydrogen-bond donors (Lipinski definition) is 1. The number of ketones is 1. The molecule has 0 bridgehead atoms. The molecule has 1 heterocycles. The van der Waals surface area contributed by atoms with Crippen molar-refractivity contribution in [1.29, 1.82) is 0 Å². The van der Waals surface area contributed by atoms with E-state index in [0.717, 1.165) is 5.69 Å². The predicted octanol–water partition coefficient (Wildman–Crippen LogP) is 2.94. The quantitative estimate of drug-likeness (QED) is 0.517. The summed E-state index contributed by atoms with van der Waals surface area (Å²) in [7, 11) is 0. The number of hydrogen-bond acceptors (Lipinski definition) is 5. The van der Waals surface area contributed by atoms with Gasteiger partial charge in [0.15, 0.2) is 5.78 Å². The minimum absolute atomic E-state index is 0.0000101. The van der Waals surface area contributed by atoms with Crippen molar-refractivity contribution >= 4 is 23.0 Å². The Balaban J connectivity index is 2.12. The molecule has 2 rings (SSSR count). The molecule has 0 spiro atoms. The van der Waals surface area contributed by atoms with Crippen LogP contribution in [0.3, 0.4) is 0 Å². The number of aromatic nitrogens is 1. The van der Waals surface area contributed by atoms with Gasteiger partial charge in [0.1, 0.15) is 12.0 Å². The number of benzene rings is 1. The molecule has 0 saturated carbocycles. The Morgan fingerprint density at radius 1 is 1.21 bits per heavy atom. The first-order valence-electron chi connectivity index (χ1n) is 5.55. The highest BCUT2D eigenvalue weighted by Crippen LogP contribution is 2.17. The number of nitro groups is 1. The van der Waals surface area contributed by atoms with Crippen LogP contribution in [0.1, 0.15) is 17.3 Å². The fourth-order valence-electron chi connectivity index (χ4n) is 1.50. The van der Waals surface area contributed by atoms with Crippen LogP contribution < -0.4 is 5.32 Å². The highest BCUT2D eigenvalue weighted by molar-refractivity contribution is 5.94. The summed E-state index contributed by atoms with van der Waals surface area (Å²) in [5.41, 5.74) is 1.33. The monoisotopic (exact) mass is 257 g/mol. The van der Waals surface area contributed by atoms with Crippen molar-refractivity contribution < 1.29 is 9.72 Å². The number of Topliss-reactive ketones (excluding diaryl/α,β-unsaturated/α-hetero) is 1. The Labute approximate surface area is 109 Å². The number of carbonyl (C=O) groups is 1. The zero-order valence-corrected chi connectivity index (χ0v) is 10.2. The van der Waals surface area contributed by atoms with Crippen LogP contribution in [0.15, 0.2) is 42.6 Å². The SMILES string of the molecule is CC(=O)c1ccc(Nc2ccc([N+](=O)[O-])cn2)cc1. The van der Waals surface area contributed by atoms with Crippen molar-refractivity contribution in [3.05, 3.63) is 58.3 Å². The Kier molecular flexibility index (Phi) is 3.51. The highest BCUT2D eigenvalue weighted by atomic mass is 16.6. The number of anilines is 2. The van der Waals surface area contributed by atoms with Gasteiger partial charge in [0.25, 0.3) is 5.69 Å². The number of rotatable bonds is 4. The van der Waals surface area contributed by atoms with Crippen molar-refractivity contribution in [3.63, 3.8) is 0 Å². The summed E-state index contributed by atoms with van der Waals surface area (Å²) >= 11 is 0. The topological polar surface area (TPSA) is 85.1 Å². The average Bonchev–Trinajstić information content (AvgIpc) is 2.40. The molecule has 0 amide bonds. The second-order valence-electron chi connectivity index (χ2n) is 3.92. The van der Waals surface area contributed by atoms with Crippen molar-refractivity contribution in [2.45, 2.75) is 6.92 Å². The predicted molar refractivity (Wildman–Crippen MR) is 70.6 cm³/mol. The summed E-state index contributed by atoms with van der Waals surface area (Å²) in [5, 5.41) is 13.5. The molecule has 0 unspecified atom stereocenters. The molecule has 2 aromatic rings. The highest BCUT2D eigenvalue weighted by Gasteiger charge is 2.05. The van der Waals surface area contributed by atoms with E-state index in [0.29, 0.717) is 11.4 Å². The normalized spacial score (nSPS) is 9.95. The van der Waals surface area contributed by atoms with Crippen LogP contribution in [-0.2, 0) is 0 Å². The first-order valence-corrected chi connectivity index (χ1v) is 5.55. The fraction of sp³-hybridized carbons (Fsp3) is 0.0769. The molecule has 1 aromatic heterocycles. The Morgan fingerprint density at radius 3 is 2.37 bits per heavy atom. The summed E-state index contributed by atoms with van der Waals surface area (Å²) in [6, 6.07) is 9.81. The largest absolute Gasteiger partial charge is 0.340 e. The average molecular weight is 257 g/mol. The molecule has 19 heavy (non-hydrogen) atoms.